The normalized spacial score (nSPS) is 10.5. The van der Waals surface area contributed by atoms with E-state index in [1.54, 1.807) is 20.0 Å². The van der Waals surface area contributed by atoms with E-state index in [-0.39, 0.29) is 12.5 Å². The van der Waals surface area contributed by atoms with Crippen molar-refractivity contribution in [2.24, 2.45) is 0 Å². The average Bonchev–Trinajstić information content (AvgIpc) is 2.16. The quantitative estimate of drug-likeness (QED) is 0.454. The molecule has 0 aliphatic heterocycles. The second-order valence-corrected chi connectivity index (χ2v) is 2.21. The molecule has 1 amide bonds. The zero-order chi connectivity index (χ0) is 10.3. The van der Waals surface area contributed by atoms with Gasteiger partial charge in [-0.3, -0.25) is 9.59 Å². The third kappa shape index (κ3) is 4.15. The van der Waals surface area contributed by atoms with Gasteiger partial charge in [0.15, 0.2) is 0 Å². The molecule has 0 aromatic carbocycles. The summed E-state index contributed by atoms with van der Waals surface area (Å²) < 4.78 is 4.35. The minimum absolute atomic E-state index is 0.117. The molecule has 0 unspecified atom stereocenters. The maximum Gasteiger partial charge on any atom is 0.325 e. The Labute approximate surface area is 77.1 Å². The highest BCUT2D eigenvalue weighted by Crippen LogP contribution is 1.86. The van der Waals surface area contributed by atoms with Gasteiger partial charge in [0.2, 0.25) is 0 Å². The summed E-state index contributed by atoms with van der Waals surface area (Å²) in [5.41, 5.74) is 0.420. The highest BCUT2D eigenvalue weighted by atomic mass is 16.5. The summed E-state index contributed by atoms with van der Waals surface area (Å²) in [4.78, 5) is 21.8. The fraction of sp³-hybridized carbons (Fsp3) is 0.500. The summed E-state index contributed by atoms with van der Waals surface area (Å²) in [6.45, 7) is 1.61. The second kappa shape index (κ2) is 6.05. The van der Waals surface area contributed by atoms with Crippen LogP contribution in [0.3, 0.4) is 0 Å². The van der Waals surface area contributed by atoms with Gasteiger partial charge in [-0.25, -0.2) is 0 Å². The number of hydrogen-bond acceptors (Lipinski definition) is 4. The highest BCUT2D eigenvalue weighted by molar-refractivity contribution is 5.94. The first kappa shape index (κ1) is 11.5. The molecule has 0 bridgehead atoms. The van der Waals surface area contributed by atoms with E-state index in [1.165, 1.54) is 7.11 Å². The zero-order valence-electron chi connectivity index (χ0n) is 8.01. The Morgan fingerprint density at radius 2 is 2.08 bits per heavy atom. The SMILES string of the molecule is C/C=C(\NC)C(=O)NCC(=O)OC. The van der Waals surface area contributed by atoms with Gasteiger partial charge in [-0.2, -0.15) is 0 Å². The molecular formula is C8H14N2O3. The van der Waals surface area contributed by atoms with E-state index < -0.39 is 5.97 Å². The predicted octanol–water partition coefficient (Wildman–Crippen LogP) is -0.601. The van der Waals surface area contributed by atoms with Crippen molar-refractivity contribution in [3.8, 4) is 0 Å². The van der Waals surface area contributed by atoms with Crippen molar-refractivity contribution < 1.29 is 14.3 Å². The Morgan fingerprint density at radius 1 is 1.46 bits per heavy atom. The lowest BCUT2D eigenvalue weighted by Crippen LogP contribution is -2.34. The summed E-state index contributed by atoms with van der Waals surface area (Å²) in [5.74, 6) is -0.796. The summed E-state index contributed by atoms with van der Waals surface area (Å²) >= 11 is 0. The van der Waals surface area contributed by atoms with E-state index in [0.29, 0.717) is 5.70 Å². The maximum atomic E-state index is 11.2. The Morgan fingerprint density at radius 3 is 2.46 bits per heavy atom. The van der Waals surface area contributed by atoms with Gasteiger partial charge >= 0.3 is 5.97 Å². The molecule has 5 nitrogen and oxygen atoms in total. The number of ether oxygens (including phenoxy) is 1. The zero-order valence-corrected chi connectivity index (χ0v) is 8.01. The van der Waals surface area contributed by atoms with E-state index >= 15 is 0 Å². The number of rotatable bonds is 4. The van der Waals surface area contributed by atoms with Crippen LogP contribution in [0.5, 0.6) is 0 Å². The molecule has 0 fully saturated rings. The van der Waals surface area contributed by atoms with Crippen molar-refractivity contribution in [1.29, 1.82) is 0 Å². The van der Waals surface area contributed by atoms with Gasteiger partial charge in [0, 0.05) is 7.05 Å². The van der Waals surface area contributed by atoms with Crippen LogP contribution in [-0.4, -0.2) is 32.6 Å². The van der Waals surface area contributed by atoms with Gasteiger partial charge in [-0.05, 0) is 6.92 Å². The fourth-order valence-corrected chi connectivity index (χ4v) is 0.709. The van der Waals surface area contributed by atoms with Crippen LogP contribution >= 0.6 is 0 Å². The minimum atomic E-state index is -0.472. The number of hydrogen-bond donors (Lipinski definition) is 2. The number of likely N-dealkylation sites (N-methyl/N-ethyl adjacent to an activating group) is 1. The van der Waals surface area contributed by atoms with Crippen LogP contribution in [0.15, 0.2) is 11.8 Å². The minimum Gasteiger partial charge on any atom is -0.468 e. The lowest BCUT2D eigenvalue weighted by Gasteiger charge is -2.06. The summed E-state index contributed by atoms with van der Waals surface area (Å²) in [5, 5.41) is 5.08. The summed E-state index contributed by atoms with van der Waals surface area (Å²) in [6.07, 6.45) is 1.62. The monoisotopic (exact) mass is 186 g/mol. The molecule has 0 aromatic rings. The molecule has 5 heteroatoms. The molecule has 0 aromatic heterocycles. The summed E-state index contributed by atoms with van der Waals surface area (Å²) in [6, 6.07) is 0. The molecule has 13 heavy (non-hydrogen) atoms. The number of esters is 1. The van der Waals surface area contributed by atoms with E-state index in [2.05, 4.69) is 15.4 Å². The van der Waals surface area contributed by atoms with Crippen molar-refractivity contribution in [1.82, 2.24) is 10.6 Å². The fourth-order valence-electron chi connectivity index (χ4n) is 0.709. The molecule has 0 aliphatic carbocycles. The Balaban J connectivity index is 3.94. The standard InChI is InChI=1S/C8H14N2O3/c1-4-6(9-2)8(12)10-5-7(11)13-3/h4,9H,5H2,1-3H3,(H,10,12)/b6-4-. The number of methoxy groups -OCH3 is 1. The molecule has 74 valence electrons. The lowest BCUT2D eigenvalue weighted by molar-refractivity contribution is -0.140. The average molecular weight is 186 g/mol. The van der Waals surface area contributed by atoms with Crippen molar-refractivity contribution in [3.63, 3.8) is 0 Å². The van der Waals surface area contributed by atoms with Crippen molar-refractivity contribution in [2.45, 2.75) is 6.92 Å². The van der Waals surface area contributed by atoms with Gasteiger partial charge in [0.25, 0.3) is 5.91 Å². The molecule has 0 rings (SSSR count). The highest BCUT2D eigenvalue weighted by Gasteiger charge is 2.07. The predicted molar refractivity (Wildman–Crippen MR) is 47.8 cm³/mol. The third-order valence-corrected chi connectivity index (χ3v) is 1.42. The van der Waals surface area contributed by atoms with Crippen LogP contribution in [0.4, 0.5) is 0 Å². The molecule has 0 saturated carbocycles. The molecule has 2 N–H and O–H groups in total. The van der Waals surface area contributed by atoms with Crippen LogP contribution < -0.4 is 10.6 Å². The number of nitrogens with one attached hydrogen (secondary N) is 2. The number of allylic oxidation sites excluding steroid dienone is 1. The Hall–Kier alpha value is -1.52. The Kier molecular flexibility index (Phi) is 5.34. The van der Waals surface area contributed by atoms with E-state index in [0.717, 1.165) is 0 Å². The van der Waals surface area contributed by atoms with Crippen molar-refractivity contribution >= 4 is 11.9 Å². The lowest BCUT2D eigenvalue weighted by atomic mass is 10.4. The van der Waals surface area contributed by atoms with E-state index in [4.69, 9.17) is 0 Å². The van der Waals surface area contributed by atoms with Gasteiger partial charge < -0.3 is 15.4 Å². The topological polar surface area (TPSA) is 67.4 Å². The van der Waals surface area contributed by atoms with E-state index in [9.17, 15) is 9.59 Å². The maximum absolute atomic E-state index is 11.2. The van der Waals surface area contributed by atoms with Gasteiger partial charge in [0.05, 0.1) is 12.8 Å². The van der Waals surface area contributed by atoms with Crippen LogP contribution in [0.2, 0.25) is 0 Å². The van der Waals surface area contributed by atoms with Gasteiger partial charge in [-0.1, -0.05) is 6.08 Å². The first-order valence-corrected chi connectivity index (χ1v) is 3.84. The van der Waals surface area contributed by atoms with Crippen LogP contribution in [0.1, 0.15) is 6.92 Å². The van der Waals surface area contributed by atoms with Gasteiger partial charge in [-0.15, -0.1) is 0 Å². The first-order valence-electron chi connectivity index (χ1n) is 3.84. The van der Waals surface area contributed by atoms with Crippen LogP contribution in [-0.2, 0) is 14.3 Å². The van der Waals surface area contributed by atoms with Crippen molar-refractivity contribution in [3.05, 3.63) is 11.8 Å². The van der Waals surface area contributed by atoms with Crippen molar-refractivity contribution in [2.75, 3.05) is 20.7 Å². The summed E-state index contributed by atoms with van der Waals surface area (Å²) in [7, 11) is 2.90. The molecule has 0 radical (unpaired) electrons. The molecular weight excluding hydrogens is 172 g/mol. The third-order valence-electron chi connectivity index (χ3n) is 1.42. The molecule has 0 spiro atoms. The smallest absolute Gasteiger partial charge is 0.325 e. The molecule has 0 heterocycles. The van der Waals surface area contributed by atoms with E-state index in [1.807, 2.05) is 0 Å². The molecule has 0 aliphatic rings. The van der Waals surface area contributed by atoms with Crippen LogP contribution in [0.25, 0.3) is 0 Å². The second-order valence-electron chi connectivity index (χ2n) is 2.21. The number of carbonyl (C=O) groups is 2. The first-order chi connectivity index (χ1) is 6.15. The molecule has 0 atom stereocenters. The Bertz CT molecular complexity index is 223. The molecule has 0 saturated heterocycles. The van der Waals surface area contributed by atoms with Gasteiger partial charge in [0.1, 0.15) is 6.54 Å². The number of amides is 1. The number of carbonyl (C=O) groups excluding carboxylic acids is 2. The van der Waals surface area contributed by atoms with Crippen LogP contribution in [0, 0.1) is 0 Å². The largest absolute Gasteiger partial charge is 0.468 e.